The van der Waals surface area contributed by atoms with Gasteiger partial charge in [0.25, 0.3) is 5.91 Å². The average molecular weight is 465 g/mol. The molecule has 172 valence electrons. The number of alkyl halides is 5. The lowest BCUT2D eigenvalue weighted by Gasteiger charge is -2.42. The molecule has 0 spiro atoms. The van der Waals surface area contributed by atoms with Crippen molar-refractivity contribution in [1.82, 2.24) is 10.2 Å². The van der Waals surface area contributed by atoms with Gasteiger partial charge in [0.1, 0.15) is 5.75 Å². The summed E-state index contributed by atoms with van der Waals surface area (Å²) in [5.41, 5.74) is -2.66. The van der Waals surface area contributed by atoms with E-state index in [4.69, 9.17) is 4.74 Å². The van der Waals surface area contributed by atoms with Crippen LogP contribution in [0.25, 0.3) is 0 Å². The Balaban J connectivity index is 1.69. The molecule has 10 heteroatoms. The fourth-order valence-electron chi connectivity index (χ4n) is 4.92. The van der Waals surface area contributed by atoms with Crippen LogP contribution in [0.3, 0.4) is 0 Å². The third kappa shape index (κ3) is 4.13. The van der Waals surface area contributed by atoms with Crippen molar-refractivity contribution in [3.8, 4) is 5.75 Å². The number of methoxy groups -OCH3 is 1. The summed E-state index contributed by atoms with van der Waals surface area (Å²) in [6.07, 6.45) is -0.397. The first-order valence-corrected chi connectivity index (χ1v) is 11.6. The topological polar surface area (TPSA) is 41.6 Å². The Labute approximate surface area is 181 Å². The second kappa shape index (κ2) is 8.42. The monoisotopic (exact) mass is 464 g/mol. The Kier molecular flexibility index (Phi) is 6.15. The lowest BCUT2D eigenvalue weighted by atomic mass is 9.88. The van der Waals surface area contributed by atoms with Gasteiger partial charge in [-0.2, -0.15) is 33.7 Å². The van der Waals surface area contributed by atoms with Crippen LogP contribution in [-0.2, 0) is 12.2 Å². The minimum atomic E-state index is -4.83. The van der Waals surface area contributed by atoms with Gasteiger partial charge in [0.05, 0.1) is 29.8 Å². The molecule has 2 heterocycles. The van der Waals surface area contributed by atoms with Crippen molar-refractivity contribution < 1.29 is 31.5 Å². The maximum Gasteiger partial charge on any atom is 0.416 e. The molecule has 0 unspecified atom stereocenters. The summed E-state index contributed by atoms with van der Waals surface area (Å²) in [5, 5.41) is 3.48. The summed E-state index contributed by atoms with van der Waals surface area (Å²) in [6.45, 7) is 0. The molecule has 1 aliphatic carbocycles. The van der Waals surface area contributed by atoms with Gasteiger partial charge in [0, 0.05) is 12.1 Å². The number of fused-ring (bicyclic) bond motifs is 1. The Hall–Kier alpha value is -1.55. The van der Waals surface area contributed by atoms with Crippen LogP contribution in [0.5, 0.6) is 5.75 Å². The maximum atomic E-state index is 15.5. The molecule has 31 heavy (non-hydrogen) atoms. The number of nitrogens with one attached hydrogen (secondary N) is 1. The fraction of sp³-hybridized carbons (Fsp3) is 0.667. The Morgan fingerprint density at radius 1 is 1.13 bits per heavy atom. The zero-order valence-corrected chi connectivity index (χ0v) is 17.9. The molecule has 2 atom stereocenters. The molecule has 1 aromatic carbocycles. The number of halogens is 5. The largest absolute Gasteiger partial charge is 0.496 e. The van der Waals surface area contributed by atoms with E-state index in [2.05, 4.69) is 5.32 Å². The summed E-state index contributed by atoms with van der Waals surface area (Å²) in [6, 6.07) is -3.75. The third-order valence-corrected chi connectivity index (χ3v) is 7.49. The zero-order chi connectivity index (χ0) is 22.4. The van der Waals surface area contributed by atoms with Gasteiger partial charge in [-0.05, 0) is 49.3 Å². The quantitative estimate of drug-likeness (QED) is 0.502. The number of carbonyl (C=O) groups is 1. The number of carbonyl (C=O) groups excluding carboxylic acids is 1. The van der Waals surface area contributed by atoms with Gasteiger partial charge in [0.2, 0.25) is 0 Å². The normalized spacial score (nSPS) is 26.8. The molecule has 1 saturated heterocycles. The van der Waals surface area contributed by atoms with Crippen LogP contribution in [0.15, 0.2) is 12.1 Å². The highest BCUT2D eigenvalue weighted by Crippen LogP contribution is 2.50. The molecule has 1 aromatic rings. The lowest BCUT2D eigenvalue weighted by Crippen LogP contribution is -2.58. The van der Waals surface area contributed by atoms with Gasteiger partial charge in [-0.25, -0.2) is 0 Å². The van der Waals surface area contributed by atoms with Crippen LogP contribution in [0.4, 0.5) is 22.0 Å². The summed E-state index contributed by atoms with van der Waals surface area (Å²) in [7, 11) is 1.08. The molecular weight excluding hydrogens is 439 g/mol. The van der Waals surface area contributed by atoms with Crippen molar-refractivity contribution in [2.45, 2.75) is 68.9 Å². The molecule has 4 rings (SSSR count). The van der Waals surface area contributed by atoms with Crippen LogP contribution in [-0.4, -0.2) is 47.5 Å². The van der Waals surface area contributed by atoms with Gasteiger partial charge in [-0.15, -0.1) is 0 Å². The highest BCUT2D eigenvalue weighted by molar-refractivity contribution is 7.99. The predicted molar refractivity (Wildman–Crippen MR) is 108 cm³/mol. The Morgan fingerprint density at radius 2 is 1.81 bits per heavy atom. The van der Waals surface area contributed by atoms with Gasteiger partial charge in [-0.3, -0.25) is 9.69 Å². The van der Waals surface area contributed by atoms with E-state index in [0.29, 0.717) is 36.3 Å². The molecule has 1 N–H and O–H groups in total. The van der Waals surface area contributed by atoms with E-state index < -0.39 is 46.6 Å². The fourth-order valence-corrected chi connectivity index (χ4v) is 6.02. The van der Waals surface area contributed by atoms with Gasteiger partial charge >= 0.3 is 12.2 Å². The number of nitrogens with zero attached hydrogens (tertiary/aromatic N) is 1. The van der Waals surface area contributed by atoms with Crippen molar-refractivity contribution in [2.24, 2.45) is 0 Å². The summed E-state index contributed by atoms with van der Waals surface area (Å²) in [5.74, 6) is 0.554. The number of thioether (sulfide) groups is 1. The highest BCUT2D eigenvalue weighted by Gasteiger charge is 2.57. The molecule has 1 amide bonds. The predicted octanol–water partition coefficient (Wildman–Crippen LogP) is 5.02. The van der Waals surface area contributed by atoms with E-state index in [-0.39, 0.29) is 12.1 Å². The first kappa shape index (κ1) is 22.6. The molecule has 2 fully saturated rings. The van der Waals surface area contributed by atoms with E-state index in [9.17, 15) is 18.0 Å². The standard InChI is InChI=1S/C21H25F5N2O2S/c1-30-17-11-12(20(22,23)24)10-14-18(17)19(29)28(21(14,25)26)16-5-3-2-4-15(16)27-13-6-8-31-9-7-13/h10-11,13,15-16,27H,2-9H2,1H3/t15-,16+/m0/s1. The second-order valence-electron chi connectivity index (χ2n) is 8.33. The Bertz CT molecular complexity index is 842. The number of hydrogen-bond acceptors (Lipinski definition) is 4. The van der Waals surface area contributed by atoms with Crippen LogP contribution in [0.2, 0.25) is 0 Å². The minimum Gasteiger partial charge on any atom is -0.496 e. The second-order valence-corrected chi connectivity index (χ2v) is 9.55. The van der Waals surface area contributed by atoms with E-state index in [1.54, 1.807) is 0 Å². The molecule has 3 aliphatic rings. The van der Waals surface area contributed by atoms with Crippen LogP contribution in [0.1, 0.15) is 60.0 Å². The van der Waals surface area contributed by atoms with Gasteiger partial charge in [0.15, 0.2) is 0 Å². The van der Waals surface area contributed by atoms with E-state index in [1.807, 2.05) is 11.8 Å². The van der Waals surface area contributed by atoms with E-state index >= 15 is 8.78 Å². The van der Waals surface area contributed by atoms with Crippen LogP contribution < -0.4 is 10.1 Å². The number of ether oxygens (including phenoxy) is 1. The number of benzene rings is 1. The SMILES string of the molecule is COc1cc(C(F)(F)F)cc2c1C(=O)N([C@@H]1CCCC[C@@H]1NC1CCSCC1)C2(F)F. The minimum absolute atomic E-state index is 0.201. The van der Waals surface area contributed by atoms with E-state index in [1.165, 1.54) is 0 Å². The zero-order valence-electron chi connectivity index (χ0n) is 17.1. The van der Waals surface area contributed by atoms with Crippen molar-refractivity contribution in [3.05, 3.63) is 28.8 Å². The first-order valence-electron chi connectivity index (χ1n) is 10.5. The van der Waals surface area contributed by atoms with Crippen LogP contribution in [0, 0.1) is 0 Å². The first-order chi connectivity index (χ1) is 14.6. The maximum absolute atomic E-state index is 15.5. The molecule has 0 bridgehead atoms. The lowest BCUT2D eigenvalue weighted by molar-refractivity contribution is -0.149. The van der Waals surface area contributed by atoms with Crippen molar-refractivity contribution in [3.63, 3.8) is 0 Å². The molecular formula is C21H25F5N2O2S. The third-order valence-electron chi connectivity index (χ3n) is 6.44. The molecule has 2 aliphatic heterocycles. The van der Waals surface area contributed by atoms with Gasteiger partial charge < -0.3 is 10.1 Å². The summed E-state index contributed by atoms with van der Waals surface area (Å²) in [4.78, 5) is 13.7. The van der Waals surface area contributed by atoms with E-state index in [0.717, 1.165) is 37.9 Å². The number of amides is 1. The van der Waals surface area contributed by atoms with Crippen molar-refractivity contribution >= 4 is 17.7 Å². The smallest absolute Gasteiger partial charge is 0.416 e. The summed E-state index contributed by atoms with van der Waals surface area (Å²) < 4.78 is 75.8. The van der Waals surface area contributed by atoms with Gasteiger partial charge in [-0.1, -0.05) is 12.8 Å². The molecule has 0 aromatic heterocycles. The molecule has 4 nitrogen and oxygen atoms in total. The van der Waals surface area contributed by atoms with Crippen molar-refractivity contribution in [1.29, 1.82) is 0 Å². The number of hydrogen-bond donors (Lipinski definition) is 1. The van der Waals surface area contributed by atoms with Crippen LogP contribution >= 0.6 is 11.8 Å². The Morgan fingerprint density at radius 3 is 2.45 bits per heavy atom. The summed E-state index contributed by atoms with van der Waals surface area (Å²) >= 11 is 1.86. The average Bonchev–Trinajstić information content (AvgIpc) is 2.93. The number of rotatable bonds is 4. The molecule has 0 radical (unpaired) electrons. The molecule has 1 saturated carbocycles. The highest BCUT2D eigenvalue weighted by atomic mass is 32.2. The van der Waals surface area contributed by atoms with Crippen molar-refractivity contribution in [2.75, 3.05) is 18.6 Å².